The molecule has 0 spiro atoms. The molecular weight excluding hydrogens is 194 g/mol. The van der Waals surface area contributed by atoms with Crippen LogP contribution in [0.15, 0.2) is 0 Å². The van der Waals surface area contributed by atoms with E-state index in [4.69, 9.17) is 0 Å². The standard InChI is InChI=1S/C15H29N/c1-3-5-12-6-8-13(9-7-12)15(16-4-2)14-10-11-14/h12-16H,3-11H2,1-2H3. The fourth-order valence-corrected chi connectivity index (χ4v) is 3.65. The van der Waals surface area contributed by atoms with Gasteiger partial charge in [-0.2, -0.15) is 0 Å². The van der Waals surface area contributed by atoms with Crippen LogP contribution in [-0.4, -0.2) is 12.6 Å². The van der Waals surface area contributed by atoms with Crippen LogP contribution in [0.4, 0.5) is 0 Å². The molecule has 0 aliphatic heterocycles. The van der Waals surface area contributed by atoms with Crippen molar-refractivity contribution in [3.63, 3.8) is 0 Å². The monoisotopic (exact) mass is 223 g/mol. The Morgan fingerprint density at radius 1 is 0.938 bits per heavy atom. The first-order chi connectivity index (χ1) is 7.85. The van der Waals surface area contributed by atoms with Gasteiger partial charge in [-0.05, 0) is 50.0 Å². The molecule has 2 aliphatic rings. The van der Waals surface area contributed by atoms with E-state index in [1.165, 1.54) is 51.4 Å². The average Bonchev–Trinajstić information content (AvgIpc) is 3.12. The van der Waals surface area contributed by atoms with Gasteiger partial charge < -0.3 is 5.32 Å². The summed E-state index contributed by atoms with van der Waals surface area (Å²) in [5.74, 6) is 3.09. The fourth-order valence-electron chi connectivity index (χ4n) is 3.65. The van der Waals surface area contributed by atoms with Gasteiger partial charge in [0.2, 0.25) is 0 Å². The van der Waals surface area contributed by atoms with Crippen molar-refractivity contribution in [1.29, 1.82) is 0 Å². The molecule has 0 amide bonds. The van der Waals surface area contributed by atoms with Crippen LogP contribution in [0.2, 0.25) is 0 Å². The van der Waals surface area contributed by atoms with Crippen molar-refractivity contribution in [2.75, 3.05) is 6.54 Å². The molecule has 1 N–H and O–H groups in total. The van der Waals surface area contributed by atoms with E-state index < -0.39 is 0 Å². The topological polar surface area (TPSA) is 12.0 Å². The minimum Gasteiger partial charge on any atom is -0.314 e. The van der Waals surface area contributed by atoms with E-state index in [2.05, 4.69) is 19.2 Å². The lowest BCUT2D eigenvalue weighted by Crippen LogP contribution is -2.39. The molecule has 2 saturated carbocycles. The molecule has 0 bridgehead atoms. The fraction of sp³-hybridized carbons (Fsp3) is 1.00. The normalized spacial score (nSPS) is 32.6. The lowest BCUT2D eigenvalue weighted by Gasteiger charge is -2.34. The van der Waals surface area contributed by atoms with Gasteiger partial charge in [-0.25, -0.2) is 0 Å². The maximum atomic E-state index is 3.76. The first-order valence-electron chi connectivity index (χ1n) is 7.58. The van der Waals surface area contributed by atoms with Gasteiger partial charge in [0, 0.05) is 6.04 Å². The van der Waals surface area contributed by atoms with E-state index in [-0.39, 0.29) is 0 Å². The second kappa shape index (κ2) is 6.05. The molecule has 0 aromatic rings. The summed E-state index contributed by atoms with van der Waals surface area (Å²) in [6, 6.07) is 0.868. The highest BCUT2D eigenvalue weighted by Crippen LogP contribution is 2.42. The third kappa shape index (κ3) is 3.23. The van der Waals surface area contributed by atoms with Crippen LogP contribution in [-0.2, 0) is 0 Å². The first-order valence-corrected chi connectivity index (χ1v) is 7.58. The molecule has 0 heterocycles. The lowest BCUT2D eigenvalue weighted by molar-refractivity contribution is 0.202. The van der Waals surface area contributed by atoms with Gasteiger partial charge >= 0.3 is 0 Å². The van der Waals surface area contributed by atoms with Crippen LogP contribution < -0.4 is 5.32 Å². The summed E-state index contributed by atoms with van der Waals surface area (Å²) in [7, 11) is 0. The van der Waals surface area contributed by atoms with Crippen LogP contribution in [0.3, 0.4) is 0 Å². The van der Waals surface area contributed by atoms with E-state index in [0.717, 1.165) is 30.3 Å². The largest absolute Gasteiger partial charge is 0.314 e. The predicted molar refractivity (Wildman–Crippen MR) is 70.5 cm³/mol. The van der Waals surface area contributed by atoms with Gasteiger partial charge in [0.1, 0.15) is 0 Å². The molecule has 2 aliphatic carbocycles. The summed E-state index contributed by atoms with van der Waals surface area (Å²) in [5.41, 5.74) is 0. The highest BCUT2D eigenvalue weighted by molar-refractivity contribution is 4.92. The molecule has 0 radical (unpaired) electrons. The molecule has 0 aromatic heterocycles. The van der Waals surface area contributed by atoms with Crippen molar-refractivity contribution < 1.29 is 0 Å². The average molecular weight is 223 g/mol. The Kier molecular flexibility index (Phi) is 4.69. The highest BCUT2D eigenvalue weighted by atomic mass is 14.9. The van der Waals surface area contributed by atoms with E-state index >= 15 is 0 Å². The van der Waals surface area contributed by atoms with Crippen LogP contribution in [0, 0.1) is 17.8 Å². The quantitative estimate of drug-likeness (QED) is 0.718. The van der Waals surface area contributed by atoms with Gasteiger partial charge in [0.05, 0.1) is 0 Å². The smallest absolute Gasteiger partial charge is 0.0123 e. The number of nitrogens with one attached hydrogen (secondary N) is 1. The van der Waals surface area contributed by atoms with Gasteiger partial charge in [-0.15, -0.1) is 0 Å². The van der Waals surface area contributed by atoms with Gasteiger partial charge in [-0.3, -0.25) is 0 Å². The zero-order valence-corrected chi connectivity index (χ0v) is 11.2. The minimum atomic E-state index is 0.868. The molecule has 0 aromatic carbocycles. The Morgan fingerprint density at radius 3 is 1.94 bits per heavy atom. The van der Waals surface area contributed by atoms with Gasteiger partial charge in [0.25, 0.3) is 0 Å². The summed E-state index contributed by atoms with van der Waals surface area (Å²) in [5, 5.41) is 3.76. The lowest BCUT2D eigenvalue weighted by atomic mass is 9.76. The molecule has 1 heteroatoms. The molecule has 0 saturated heterocycles. The number of rotatable bonds is 6. The molecule has 1 nitrogen and oxygen atoms in total. The van der Waals surface area contributed by atoms with Crippen LogP contribution in [0.1, 0.15) is 65.2 Å². The van der Waals surface area contributed by atoms with Crippen molar-refractivity contribution >= 4 is 0 Å². The third-order valence-electron chi connectivity index (χ3n) is 4.67. The van der Waals surface area contributed by atoms with E-state index in [1.807, 2.05) is 0 Å². The van der Waals surface area contributed by atoms with Crippen molar-refractivity contribution in [2.45, 2.75) is 71.3 Å². The Hall–Kier alpha value is -0.0400. The zero-order chi connectivity index (χ0) is 11.4. The van der Waals surface area contributed by atoms with Crippen molar-refractivity contribution in [1.82, 2.24) is 5.32 Å². The molecule has 94 valence electrons. The molecule has 1 unspecified atom stereocenters. The molecule has 2 rings (SSSR count). The highest BCUT2D eigenvalue weighted by Gasteiger charge is 2.37. The SMILES string of the molecule is CCCC1CCC(C(NCC)C2CC2)CC1. The summed E-state index contributed by atoms with van der Waals surface area (Å²) in [6.45, 7) is 5.76. The van der Waals surface area contributed by atoms with Crippen LogP contribution in [0.5, 0.6) is 0 Å². The summed E-state index contributed by atoms with van der Waals surface area (Å²) < 4.78 is 0. The maximum absolute atomic E-state index is 3.76. The maximum Gasteiger partial charge on any atom is 0.0123 e. The Morgan fingerprint density at radius 2 is 1.50 bits per heavy atom. The van der Waals surface area contributed by atoms with E-state index in [0.29, 0.717) is 0 Å². The first kappa shape index (κ1) is 12.4. The van der Waals surface area contributed by atoms with Crippen molar-refractivity contribution in [3.05, 3.63) is 0 Å². The van der Waals surface area contributed by atoms with Gasteiger partial charge in [-0.1, -0.05) is 39.5 Å². The summed E-state index contributed by atoms with van der Waals surface area (Å²) >= 11 is 0. The second-order valence-corrected chi connectivity index (χ2v) is 5.99. The Balaban J connectivity index is 1.77. The van der Waals surface area contributed by atoms with E-state index in [1.54, 1.807) is 0 Å². The summed E-state index contributed by atoms with van der Waals surface area (Å²) in [4.78, 5) is 0. The predicted octanol–water partition coefficient (Wildman–Crippen LogP) is 3.98. The van der Waals surface area contributed by atoms with Crippen molar-refractivity contribution in [2.24, 2.45) is 17.8 Å². The zero-order valence-electron chi connectivity index (χ0n) is 11.2. The second-order valence-electron chi connectivity index (χ2n) is 5.99. The van der Waals surface area contributed by atoms with Gasteiger partial charge in [0.15, 0.2) is 0 Å². The van der Waals surface area contributed by atoms with Crippen molar-refractivity contribution in [3.8, 4) is 0 Å². The summed E-state index contributed by atoms with van der Waals surface area (Å²) in [6.07, 6.45) is 11.9. The third-order valence-corrected chi connectivity index (χ3v) is 4.67. The molecule has 1 atom stereocenters. The minimum absolute atomic E-state index is 0.868. The molecule has 16 heavy (non-hydrogen) atoms. The van der Waals surface area contributed by atoms with Crippen LogP contribution >= 0.6 is 0 Å². The molecule has 2 fully saturated rings. The van der Waals surface area contributed by atoms with Crippen LogP contribution in [0.25, 0.3) is 0 Å². The Labute approximate surface area is 101 Å². The Bertz CT molecular complexity index is 190. The van der Waals surface area contributed by atoms with E-state index in [9.17, 15) is 0 Å². The number of hydrogen-bond acceptors (Lipinski definition) is 1. The number of hydrogen-bond donors (Lipinski definition) is 1. The molecular formula is C15H29N.